The second kappa shape index (κ2) is 5.45. The molecule has 5 atom stereocenters. The summed E-state index contributed by atoms with van der Waals surface area (Å²) < 4.78 is 1.98. The summed E-state index contributed by atoms with van der Waals surface area (Å²) in [7, 11) is 0. The lowest BCUT2D eigenvalue weighted by atomic mass is 9.83. The van der Waals surface area contributed by atoms with E-state index in [-0.39, 0.29) is 5.56 Å². The highest BCUT2D eigenvalue weighted by Crippen LogP contribution is 2.39. The van der Waals surface area contributed by atoms with Crippen LogP contribution in [0, 0.1) is 17.8 Å². The van der Waals surface area contributed by atoms with Crippen molar-refractivity contribution in [3.05, 3.63) is 46.4 Å². The molecule has 4 aliphatic rings. The van der Waals surface area contributed by atoms with Crippen LogP contribution >= 0.6 is 12.2 Å². The summed E-state index contributed by atoms with van der Waals surface area (Å²) >= 11 is 5.75. The SMILES string of the molecule is O=c1cccc2n1C[C@H]1C[C@@H]2CN(C(=S)N[C@@H]2C[C@@H]3C=C[C@H]2C3)C1. The number of aromatic nitrogens is 1. The largest absolute Gasteiger partial charge is 0.359 e. The minimum atomic E-state index is 0.144. The van der Waals surface area contributed by atoms with E-state index in [0.717, 1.165) is 30.7 Å². The molecule has 1 aromatic rings. The average molecular weight is 341 g/mol. The number of rotatable bonds is 1. The summed E-state index contributed by atoms with van der Waals surface area (Å²) in [5, 5.41) is 4.56. The topological polar surface area (TPSA) is 37.3 Å². The summed E-state index contributed by atoms with van der Waals surface area (Å²) in [6.45, 7) is 2.74. The van der Waals surface area contributed by atoms with Gasteiger partial charge in [-0.2, -0.15) is 0 Å². The Hall–Kier alpha value is -1.62. The molecule has 1 saturated heterocycles. The molecule has 0 amide bonds. The fraction of sp³-hybridized carbons (Fsp3) is 0.579. The molecule has 0 radical (unpaired) electrons. The number of fused-ring (bicyclic) bond motifs is 6. The van der Waals surface area contributed by atoms with Crippen LogP contribution in [0.3, 0.4) is 0 Å². The molecule has 5 rings (SSSR count). The predicted octanol–water partition coefficient (Wildman–Crippen LogP) is 2.11. The van der Waals surface area contributed by atoms with E-state index >= 15 is 0 Å². The highest BCUT2D eigenvalue weighted by atomic mass is 32.1. The van der Waals surface area contributed by atoms with E-state index in [9.17, 15) is 4.79 Å². The van der Waals surface area contributed by atoms with E-state index in [1.165, 1.54) is 25.0 Å². The van der Waals surface area contributed by atoms with E-state index in [1.54, 1.807) is 6.07 Å². The molecule has 0 unspecified atom stereocenters. The number of pyridine rings is 1. The second-order valence-electron chi connectivity index (χ2n) is 7.94. The molecule has 1 N–H and O–H groups in total. The van der Waals surface area contributed by atoms with Crippen LogP contribution in [-0.4, -0.2) is 33.7 Å². The number of thiocarbonyl (C=S) groups is 1. The van der Waals surface area contributed by atoms with Crippen molar-refractivity contribution in [3.8, 4) is 0 Å². The number of hydrogen-bond donors (Lipinski definition) is 1. The van der Waals surface area contributed by atoms with Crippen molar-refractivity contribution in [1.29, 1.82) is 0 Å². The maximum absolute atomic E-state index is 12.1. The first-order valence-corrected chi connectivity index (χ1v) is 9.51. The first kappa shape index (κ1) is 14.7. The zero-order chi connectivity index (χ0) is 16.3. The Morgan fingerprint density at radius 1 is 1.12 bits per heavy atom. The average Bonchev–Trinajstić information content (AvgIpc) is 3.18. The molecule has 4 bridgehead atoms. The molecular weight excluding hydrogens is 318 g/mol. The van der Waals surface area contributed by atoms with Gasteiger partial charge in [0, 0.05) is 43.4 Å². The van der Waals surface area contributed by atoms with Gasteiger partial charge in [-0.3, -0.25) is 4.79 Å². The molecule has 2 aliphatic heterocycles. The van der Waals surface area contributed by atoms with E-state index in [4.69, 9.17) is 12.2 Å². The van der Waals surface area contributed by atoms with Gasteiger partial charge in [-0.25, -0.2) is 0 Å². The highest BCUT2D eigenvalue weighted by molar-refractivity contribution is 7.80. The van der Waals surface area contributed by atoms with Crippen molar-refractivity contribution in [2.75, 3.05) is 13.1 Å². The Morgan fingerprint density at radius 2 is 2.04 bits per heavy atom. The third-order valence-electron chi connectivity index (χ3n) is 6.35. The molecule has 4 nitrogen and oxygen atoms in total. The number of allylic oxidation sites excluding steroid dienone is 1. The van der Waals surface area contributed by atoms with E-state index in [2.05, 4.69) is 28.4 Å². The fourth-order valence-electron chi connectivity index (χ4n) is 5.26. The van der Waals surface area contributed by atoms with Crippen LogP contribution in [0.4, 0.5) is 0 Å². The molecule has 3 heterocycles. The number of piperidine rings is 1. The molecule has 1 saturated carbocycles. The standard InChI is InChI=1S/C19H23N3OS/c23-18-3-1-2-17-15-7-13(10-22(17)18)9-21(11-15)19(24)20-16-8-12-4-5-14(16)6-12/h1-5,12-16H,6-11H2,(H,20,24)/t12-,13+,14+,15-,16-/m1/s1. The molecule has 0 aromatic carbocycles. The van der Waals surface area contributed by atoms with Gasteiger partial charge in [-0.15, -0.1) is 0 Å². The zero-order valence-electron chi connectivity index (χ0n) is 13.7. The molecule has 24 heavy (non-hydrogen) atoms. The first-order chi connectivity index (χ1) is 11.7. The summed E-state index contributed by atoms with van der Waals surface area (Å²) in [5.41, 5.74) is 1.33. The second-order valence-corrected chi connectivity index (χ2v) is 8.33. The number of likely N-dealkylation sites (tertiary alicyclic amines) is 1. The van der Waals surface area contributed by atoms with Gasteiger partial charge >= 0.3 is 0 Å². The minimum Gasteiger partial charge on any atom is -0.359 e. The fourth-order valence-corrected chi connectivity index (χ4v) is 5.56. The van der Waals surface area contributed by atoms with Crippen LogP contribution in [-0.2, 0) is 6.54 Å². The monoisotopic (exact) mass is 341 g/mol. The molecule has 0 spiro atoms. The van der Waals surface area contributed by atoms with Gasteiger partial charge in [0.1, 0.15) is 0 Å². The number of nitrogens with one attached hydrogen (secondary N) is 1. The van der Waals surface area contributed by atoms with Gasteiger partial charge in [0.2, 0.25) is 0 Å². The van der Waals surface area contributed by atoms with Gasteiger partial charge in [-0.1, -0.05) is 18.2 Å². The predicted molar refractivity (Wildman–Crippen MR) is 98.0 cm³/mol. The zero-order valence-corrected chi connectivity index (χ0v) is 14.5. The lowest BCUT2D eigenvalue weighted by Gasteiger charge is -2.44. The van der Waals surface area contributed by atoms with Crippen LogP contribution in [0.2, 0.25) is 0 Å². The van der Waals surface area contributed by atoms with E-state index in [1.807, 2.05) is 10.6 Å². The van der Waals surface area contributed by atoms with E-state index in [0.29, 0.717) is 23.8 Å². The van der Waals surface area contributed by atoms with Crippen molar-refractivity contribution >= 4 is 17.3 Å². The Kier molecular flexibility index (Phi) is 3.34. The Balaban J connectivity index is 1.32. The molecule has 1 aromatic heterocycles. The van der Waals surface area contributed by atoms with Crippen LogP contribution < -0.4 is 10.9 Å². The van der Waals surface area contributed by atoms with Crippen molar-refractivity contribution < 1.29 is 0 Å². The molecule has 2 fully saturated rings. The van der Waals surface area contributed by atoms with Gasteiger partial charge in [0.05, 0.1) is 0 Å². The Labute approximate surface area is 147 Å². The van der Waals surface area contributed by atoms with Crippen LogP contribution in [0.5, 0.6) is 0 Å². The molecular formula is C19H23N3OS. The third kappa shape index (κ3) is 2.32. The van der Waals surface area contributed by atoms with Crippen molar-refractivity contribution in [1.82, 2.24) is 14.8 Å². The smallest absolute Gasteiger partial charge is 0.250 e. The summed E-state index contributed by atoms with van der Waals surface area (Å²) in [6, 6.07) is 6.20. The molecule has 2 aliphatic carbocycles. The maximum atomic E-state index is 12.1. The Morgan fingerprint density at radius 3 is 2.83 bits per heavy atom. The lowest BCUT2D eigenvalue weighted by Crippen LogP contribution is -2.53. The van der Waals surface area contributed by atoms with Gasteiger partial charge in [0.25, 0.3) is 5.56 Å². The van der Waals surface area contributed by atoms with Crippen LogP contribution in [0.25, 0.3) is 0 Å². The van der Waals surface area contributed by atoms with Crippen LogP contribution in [0.1, 0.15) is 30.9 Å². The van der Waals surface area contributed by atoms with Gasteiger partial charge < -0.3 is 14.8 Å². The van der Waals surface area contributed by atoms with Crippen molar-refractivity contribution in [3.63, 3.8) is 0 Å². The van der Waals surface area contributed by atoms with Crippen molar-refractivity contribution in [2.45, 2.75) is 37.8 Å². The number of hydrogen-bond acceptors (Lipinski definition) is 2. The summed E-state index contributed by atoms with van der Waals surface area (Å²) in [4.78, 5) is 14.5. The normalized spacial score (nSPS) is 35.8. The maximum Gasteiger partial charge on any atom is 0.250 e. The molecule has 126 valence electrons. The third-order valence-corrected chi connectivity index (χ3v) is 6.73. The molecule has 5 heteroatoms. The van der Waals surface area contributed by atoms with Crippen molar-refractivity contribution in [2.24, 2.45) is 17.8 Å². The minimum absolute atomic E-state index is 0.144. The first-order valence-electron chi connectivity index (χ1n) is 9.11. The van der Waals surface area contributed by atoms with Crippen LogP contribution in [0.15, 0.2) is 35.1 Å². The quantitative estimate of drug-likeness (QED) is 0.627. The highest BCUT2D eigenvalue weighted by Gasteiger charge is 2.38. The van der Waals surface area contributed by atoms with E-state index < -0.39 is 0 Å². The number of nitrogens with zero attached hydrogens (tertiary/aromatic N) is 2. The summed E-state index contributed by atoms with van der Waals surface area (Å²) in [5.74, 6) is 2.37. The summed E-state index contributed by atoms with van der Waals surface area (Å²) in [6.07, 6.45) is 8.43. The Bertz CT molecular complexity index is 770. The van der Waals surface area contributed by atoms with Gasteiger partial charge in [0.15, 0.2) is 5.11 Å². The van der Waals surface area contributed by atoms with Gasteiger partial charge in [-0.05, 0) is 55.3 Å². The lowest BCUT2D eigenvalue weighted by molar-refractivity contribution is 0.176.